The van der Waals surface area contributed by atoms with E-state index in [1.165, 1.54) is 16.7 Å². The summed E-state index contributed by atoms with van der Waals surface area (Å²) in [5, 5.41) is 15.4. The van der Waals surface area contributed by atoms with Gasteiger partial charge < -0.3 is 34.9 Å². The number of amides is 3. The van der Waals surface area contributed by atoms with Crippen LogP contribution in [0.3, 0.4) is 0 Å². The molecule has 3 amide bonds. The van der Waals surface area contributed by atoms with E-state index in [9.17, 15) is 29.1 Å². The molecule has 5 rings (SSSR count). The molecule has 3 unspecified atom stereocenters. The Bertz CT molecular complexity index is 1630. The predicted octanol–water partition coefficient (Wildman–Crippen LogP) is 4.26. The van der Waals surface area contributed by atoms with Gasteiger partial charge in [-0.15, -0.1) is 11.8 Å². The molecule has 13 heteroatoms. The Morgan fingerprint density at radius 1 is 0.922 bits per heavy atom. The zero-order chi connectivity index (χ0) is 36.5. The Labute approximate surface area is 301 Å². The smallest absolute Gasteiger partial charge is 0.408 e. The van der Waals surface area contributed by atoms with Gasteiger partial charge in [0.05, 0.1) is 6.10 Å². The van der Waals surface area contributed by atoms with Crippen LogP contribution in [0.25, 0.3) is 0 Å². The lowest BCUT2D eigenvalue weighted by molar-refractivity contribution is -0.172. The minimum absolute atomic E-state index is 0.000609. The van der Waals surface area contributed by atoms with Crippen LogP contribution in [0.5, 0.6) is 0 Å². The number of nitrogens with zero attached hydrogens (tertiary/aromatic N) is 1. The molecule has 2 aliphatic heterocycles. The first-order valence-electron chi connectivity index (χ1n) is 16.8. The maximum absolute atomic E-state index is 13.6. The van der Waals surface area contributed by atoms with Crippen molar-refractivity contribution in [3.63, 3.8) is 0 Å². The molecule has 2 heterocycles. The summed E-state index contributed by atoms with van der Waals surface area (Å²) in [6.45, 7) is 5.11. The molecule has 0 aromatic heterocycles. The van der Waals surface area contributed by atoms with Gasteiger partial charge >= 0.3 is 18.0 Å². The molecular formula is C38H43N3O9S. The summed E-state index contributed by atoms with van der Waals surface area (Å²) in [6, 6.07) is 24.3. The molecule has 0 bridgehead atoms. The zero-order valence-corrected chi connectivity index (χ0v) is 29.5. The van der Waals surface area contributed by atoms with E-state index < -0.39 is 71.2 Å². The number of carbonyl (C=O) groups is 5. The minimum Gasteiger partial charge on any atom is -0.459 e. The van der Waals surface area contributed by atoms with Gasteiger partial charge in [0.25, 0.3) is 0 Å². The van der Waals surface area contributed by atoms with Gasteiger partial charge in [0, 0.05) is 12.2 Å². The van der Waals surface area contributed by atoms with Gasteiger partial charge in [-0.2, -0.15) is 0 Å². The third kappa shape index (κ3) is 9.89. The van der Waals surface area contributed by atoms with Crippen LogP contribution in [0.1, 0.15) is 62.8 Å². The molecule has 12 nitrogen and oxygen atoms in total. The van der Waals surface area contributed by atoms with Gasteiger partial charge in [-0.25, -0.2) is 14.4 Å². The van der Waals surface area contributed by atoms with E-state index in [1.54, 1.807) is 32.9 Å². The summed E-state index contributed by atoms with van der Waals surface area (Å²) in [5.41, 5.74) is 1.44. The molecule has 3 aromatic rings. The number of nitrogens with one attached hydrogen (secondary N) is 2. The highest BCUT2D eigenvalue weighted by molar-refractivity contribution is 8.00. The van der Waals surface area contributed by atoms with Crippen LogP contribution in [0, 0.1) is 0 Å². The second-order valence-corrected chi connectivity index (χ2v) is 14.5. The predicted molar refractivity (Wildman–Crippen MR) is 189 cm³/mol. The number of ether oxygens (including phenoxy) is 3. The SMILES string of the molecule is CC(C)(C)OC(=O)NC(CCCC(=O)N[C@@H]1C(=O)N2C(C(=O)OCc3ccccc3)C(O)CS[C@@H]12)C(=O)OC(c1ccccc1)c1ccccc1. The Morgan fingerprint density at radius 3 is 2.10 bits per heavy atom. The van der Waals surface area contributed by atoms with Crippen molar-refractivity contribution in [2.75, 3.05) is 5.75 Å². The first kappa shape index (κ1) is 37.4. The first-order valence-corrected chi connectivity index (χ1v) is 17.9. The first-order chi connectivity index (χ1) is 24.4. The van der Waals surface area contributed by atoms with E-state index in [1.807, 2.05) is 78.9 Å². The van der Waals surface area contributed by atoms with Gasteiger partial charge in [-0.3, -0.25) is 9.59 Å². The third-order valence-corrected chi connectivity index (χ3v) is 9.65. The van der Waals surface area contributed by atoms with Crippen molar-refractivity contribution in [3.8, 4) is 0 Å². The molecule has 2 fully saturated rings. The van der Waals surface area contributed by atoms with Crippen molar-refractivity contribution in [2.45, 2.75) is 87.9 Å². The Morgan fingerprint density at radius 2 is 1.51 bits per heavy atom. The molecule has 0 saturated carbocycles. The van der Waals surface area contributed by atoms with E-state index in [-0.39, 0.29) is 31.6 Å². The average Bonchev–Trinajstić information content (AvgIpc) is 3.11. The van der Waals surface area contributed by atoms with Crippen LogP contribution in [0.4, 0.5) is 4.79 Å². The number of rotatable bonds is 13. The number of carbonyl (C=O) groups excluding carboxylic acids is 5. The van der Waals surface area contributed by atoms with E-state index in [4.69, 9.17) is 14.2 Å². The maximum atomic E-state index is 13.6. The number of aliphatic hydroxyl groups excluding tert-OH is 1. The van der Waals surface area contributed by atoms with Gasteiger partial charge in [-0.1, -0.05) is 91.0 Å². The Kier molecular flexibility index (Phi) is 12.4. The van der Waals surface area contributed by atoms with Crippen LogP contribution in [0.2, 0.25) is 0 Å². The number of esters is 2. The van der Waals surface area contributed by atoms with Crippen molar-refractivity contribution in [1.29, 1.82) is 0 Å². The molecule has 0 radical (unpaired) electrons. The van der Waals surface area contributed by atoms with Crippen molar-refractivity contribution in [3.05, 3.63) is 108 Å². The molecule has 3 N–H and O–H groups in total. The van der Waals surface area contributed by atoms with Crippen LogP contribution in [-0.4, -0.2) is 80.8 Å². The number of alkyl carbamates (subject to hydrolysis) is 1. The fraction of sp³-hybridized carbons (Fsp3) is 0.395. The summed E-state index contributed by atoms with van der Waals surface area (Å²) >= 11 is 1.27. The molecule has 270 valence electrons. The molecule has 2 aliphatic rings. The number of β-lactam (4-membered cyclic amide) rings is 1. The summed E-state index contributed by atoms with van der Waals surface area (Å²) < 4.78 is 16.8. The number of thioether (sulfide) groups is 1. The fourth-order valence-electron chi connectivity index (χ4n) is 5.84. The number of hydrogen-bond donors (Lipinski definition) is 3. The second-order valence-electron chi connectivity index (χ2n) is 13.3. The lowest BCUT2D eigenvalue weighted by Crippen LogP contribution is -2.76. The second kappa shape index (κ2) is 16.9. The zero-order valence-electron chi connectivity index (χ0n) is 28.7. The van der Waals surface area contributed by atoms with Crippen molar-refractivity contribution < 1.29 is 43.3 Å². The monoisotopic (exact) mass is 717 g/mol. The standard InChI is InChI=1S/C38H43N3O9S/c1-38(2,3)50-37(47)39-27(35(45)49-32(25-16-9-5-10-17-25)26-18-11-6-12-19-26)20-13-21-29(43)40-30-33(44)41-31(28(42)23-51-34(30)41)36(46)48-22-24-14-7-4-8-15-24/h4-12,14-19,27-28,30-32,34,42H,13,20-23H2,1-3H3,(H,39,47)(H,40,43)/t27?,28?,30-,31?,34+/m1/s1. The van der Waals surface area contributed by atoms with Crippen LogP contribution < -0.4 is 10.6 Å². The highest BCUT2D eigenvalue weighted by atomic mass is 32.2. The number of fused-ring (bicyclic) bond motifs is 1. The van der Waals surface area contributed by atoms with E-state index in [0.717, 1.165) is 16.7 Å². The van der Waals surface area contributed by atoms with E-state index in [2.05, 4.69) is 10.6 Å². The number of aliphatic hydroxyl groups is 1. The highest BCUT2D eigenvalue weighted by Crippen LogP contribution is 2.39. The Hall–Kier alpha value is -4.88. The van der Waals surface area contributed by atoms with Gasteiger partial charge in [0.2, 0.25) is 11.8 Å². The van der Waals surface area contributed by atoms with Gasteiger partial charge in [-0.05, 0) is 50.3 Å². The van der Waals surface area contributed by atoms with Gasteiger partial charge in [0.1, 0.15) is 29.7 Å². The molecule has 3 aromatic carbocycles. The lowest BCUT2D eigenvalue weighted by Gasteiger charge is -2.53. The molecule has 2 saturated heterocycles. The maximum Gasteiger partial charge on any atom is 0.408 e. The normalized spacial score (nSPS) is 20.3. The molecule has 51 heavy (non-hydrogen) atoms. The quantitative estimate of drug-likeness (QED) is 0.133. The molecular weight excluding hydrogens is 674 g/mol. The van der Waals surface area contributed by atoms with E-state index >= 15 is 0 Å². The molecule has 5 atom stereocenters. The summed E-state index contributed by atoms with van der Waals surface area (Å²) in [4.78, 5) is 66.8. The summed E-state index contributed by atoms with van der Waals surface area (Å²) in [6.07, 6.45) is -2.52. The topological polar surface area (TPSA) is 161 Å². The fourth-order valence-corrected chi connectivity index (χ4v) is 7.19. The van der Waals surface area contributed by atoms with Crippen molar-refractivity contribution in [2.24, 2.45) is 0 Å². The number of hydrogen-bond acceptors (Lipinski definition) is 10. The summed E-state index contributed by atoms with van der Waals surface area (Å²) in [5.74, 6) is -2.18. The van der Waals surface area contributed by atoms with Crippen molar-refractivity contribution in [1.82, 2.24) is 15.5 Å². The molecule has 0 aliphatic carbocycles. The third-order valence-electron chi connectivity index (χ3n) is 8.27. The van der Waals surface area contributed by atoms with Crippen molar-refractivity contribution >= 4 is 41.6 Å². The van der Waals surface area contributed by atoms with Crippen LogP contribution >= 0.6 is 11.8 Å². The van der Waals surface area contributed by atoms with Gasteiger partial charge in [0.15, 0.2) is 12.1 Å². The highest BCUT2D eigenvalue weighted by Gasteiger charge is 2.58. The van der Waals surface area contributed by atoms with Crippen LogP contribution in [-0.2, 0) is 40.0 Å². The van der Waals surface area contributed by atoms with Crippen LogP contribution in [0.15, 0.2) is 91.0 Å². The molecule has 0 spiro atoms. The van der Waals surface area contributed by atoms with E-state index in [0.29, 0.717) is 0 Å². The number of benzene rings is 3. The average molecular weight is 718 g/mol. The largest absolute Gasteiger partial charge is 0.459 e. The Balaban J connectivity index is 1.18. The minimum atomic E-state index is -1.18. The summed E-state index contributed by atoms with van der Waals surface area (Å²) in [7, 11) is 0. The lowest BCUT2D eigenvalue weighted by atomic mass is 9.99.